The lowest BCUT2D eigenvalue weighted by Gasteiger charge is -2.22. The lowest BCUT2D eigenvalue weighted by atomic mass is 9.99. The van der Waals surface area contributed by atoms with E-state index >= 15 is 0 Å². The summed E-state index contributed by atoms with van der Waals surface area (Å²) in [5, 5.41) is 0. The lowest BCUT2D eigenvalue weighted by Crippen LogP contribution is -2.33. The van der Waals surface area contributed by atoms with E-state index in [4.69, 9.17) is 11.5 Å². The Morgan fingerprint density at radius 1 is 1.16 bits per heavy atom. The number of benzene rings is 1. The Kier molecular flexibility index (Phi) is 2.76. The number of rotatable bonds is 1. The van der Waals surface area contributed by atoms with E-state index in [9.17, 15) is 0 Å². The minimum Gasteiger partial charge on any atom is -0.385 e. The van der Waals surface area contributed by atoms with Crippen LogP contribution in [0.5, 0.6) is 0 Å². The van der Waals surface area contributed by atoms with Crippen LogP contribution in [-0.2, 0) is 0 Å². The smallest absolute Gasteiger partial charge is 0.176 e. The third kappa shape index (κ3) is 2.08. The van der Waals surface area contributed by atoms with Gasteiger partial charge in [-0.15, -0.1) is 0 Å². The van der Waals surface area contributed by atoms with E-state index in [0.29, 0.717) is 11.7 Å². The van der Waals surface area contributed by atoms with Crippen LogP contribution < -0.4 is 11.5 Å². The van der Waals surface area contributed by atoms with Crippen molar-refractivity contribution in [3.05, 3.63) is 47.5 Å². The minimum absolute atomic E-state index is 0.242. The van der Waals surface area contributed by atoms with Crippen molar-refractivity contribution in [1.82, 2.24) is 0 Å². The maximum absolute atomic E-state index is 6.03. The van der Waals surface area contributed by atoms with E-state index in [1.807, 2.05) is 37.3 Å². The van der Waals surface area contributed by atoms with Crippen LogP contribution in [-0.4, -0.2) is 23.5 Å². The molecule has 2 aliphatic heterocycles. The van der Waals surface area contributed by atoms with Gasteiger partial charge in [0.15, 0.2) is 5.84 Å². The zero-order valence-corrected chi connectivity index (χ0v) is 10.6. The second-order valence-electron chi connectivity index (χ2n) is 4.61. The number of nitrogens with two attached hydrogens (primary N) is 2. The maximum Gasteiger partial charge on any atom is 0.176 e. The average molecular weight is 253 g/mol. The summed E-state index contributed by atoms with van der Waals surface area (Å²) in [7, 11) is 0. The van der Waals surface area contributed by atoms with Crippen LogP contribution in [0.25, 0.3) is 0 Å². The van der Waals surface area contributed by atoms with Gasteiger partial charge in [0.1, 0.15) is 23.8 Å². The largest absolute Gasteiger partial charge is 0.385 e. The molecule has 0 bridgehead atoms. The molecule has 1 aromatic carbocycles. The second kappa shape index (κ2) is 4.44. The van der Waals surface area contributed by atoms with E-state index in [-0.39, 0.29) is 12.2 Å². The predicted molar refractivity (Wildman–Crippen MR) is 77.5 cm³/mol. The number of nitrogens with zero attached hydrogens (tertiary/aromatic N) is 3. The number of amidine groups is 2. The number of fused-ring (bicyclic) bond motifs is 1. The Morgan fingerprint density at radius 2 is 1.95 bits per heavy atom. The van der Waals surface area contributed by atoms with Crippen LogP contribution >= 0.6 is 0 Å². The molecule has 2 aliphatic rings. The molecule has 0 aromatic heterocycles. The van der Waals surface area contributed by atoms with Crippen molar-refractivity contribution in [3.63, 3.8) is 0 Å². The number of aliphatic imine (C=N–C) groups is 3. The fourth-order valence-electron chi connectivity index (χ4n) is 2.21. The fourth-order valence-corrected chi connectivity index (χ4v) is 2.21. The van der Waals surface area contributed by atoms with Gasteiger partial charge in [-0.2, -0.15) is 0 Å². The Balaban J connectivity index is 2.05. The van der Waals surface area contributed by atoms with Crippen LogP contribution in [0.4, 0.5) is 0 Å². The van der Waals surface area contributed by atoms with Crippen molar-refractivity contribution in [2.45, 2.75) is 19.1 Å². The molecular weight excluding hydrogens is 238 g/mol. The summed E-state index contributed by atoms with van der Waals surface area (Å²) < 4.78 is 0. The molecule has 19 heavy (non-hydrogen) atoms. The molecule has 2 unspecified atom stereocenters. The molecule has 3 rings (SSSR count). The standard InChI is InChI=1S/C14H15N5/c1-8-4-2-3-5-9(8)12-13(16)19-14-10(17-12)6-7-11(15)18-14/h2-7,11-12H,15H2,1H3,(H2,16,18,19). The molecule has 1 aromatic rings. The molecule has 96 valence electrons. The van der Waals surface area contributed by atoms with Crippen molar-refractivity contribution >= 4 is 17.4 Å². The van der Waals surface area contributed by atoms with Crippen LogP contribution in [0.3, 0.4) is 0 Å². The number of dihydropyridines is 1. The Morgan fingerprint density at radius 3 is 2.74 bits per heavy atom. The topological polar surface area (TPSA) is 89.1 Å². The maximum atomic E-state index is 6.03. The fraction of sp³-hybridized carbons (Fsp3) is 0.214. The van der Waals surface area contributed by atoms with Crippen LogP contribution in [0.1, 0.15) is 17.2 Å². The summed E-state index contributed by atoms with van der Waals surface area (Å²) in [5.74, 6) is 0.983. The third-order valence-corrected chi connectivity index (χ3v) is 3.22. The van der Waals surface area contributed by atoms with E-state index in [1.54, 1.807) is 6.08 Å². The van der Waals surface area contributed by atoms with Gasteiger partial charge in [0.25, 0.3) is 0 Å². The normalized spacial score (nSPS) is 25.3. The summed E-state index contributed by atoms with van der Waals surface area (Å²) >= 11 is 0. The van der Waals surface area contributed by atoms with Gasteiger partial charge >= 0.3 is 0 Å². The first-order valence-electron chi connectivity index (χ1n) is 6.14. The van der Waals surface area contributed by atoms with Crippen molar-refractivity contribution in [1.29, 1.82) is 0 Å². The molecule has 0 spiro atoms. The lowest BCUT2D eigenvalue weighted by molar-refractivity contribution is 0.863. The molecule has 0 radical (unpaired) electrons. The highest BCUT2D eigenvalue weighted by molar-refractivity contribution is 6.48. The Bertz CT molecular complexity index is 639. The molecule has 2 heterocycles. The minimum atomic E-state index is -0.361. The first-order chi connectivity index (χ1) is 9.15. The molecule has 0 saturated heterocycles. The first-order valence-corrected chi connectivity index (χ1v) is 6.14. The van der Waals surface area contributed by atoms with Crippen molar-refractivity contribution in [3.8, 4) is 0 Å². The molecule has 5 heteroatoms. The number of hydrogen-bond donors (Lipinski definition) is 2. The van der Waals surface area contributed by atoms with Crippen molar-refractivity contribution in [2.24, 2.45) is 26.4 Å². The van der Waals surface area contributed by atoms with Crippen LogP contribution in [0.2, 0.25) is 0 Å². The molecule has 0 aliphatic carbocycles. The molecule has 2 atom stereocenters. The SMILES string of the molecule is Cc1ccccc1C1N=C2C=CC(N)N=C2N=C1N. The van der Waals surface area contributed by atoms with E-state index < -0.39 is 0 Å². The summed E-state index contributed by atoms with van der Waals surface area (Å²) in [5.41, 5.74) is 14.7. The van der Waals surface area contributed by atoms with Crippen LogP contribution in [0, 0.1) is 6.92 Å². The zero-order valence-electron chi connectivity index (χ0n) is 10.6. The summed E-state index contributed by atoms with van der Waals surface area (Å²) in [4.78, 5) is 13.2. The zero-order chi connectivity index (χ0) is 13.4. The van der Waals surface area contributed by atoms with Gasteiger partial charge in [-0.05, 0) is 30.2 Å². The highest BCUT2D eigenvalue weighted by atomic mass is 15.1. The first kappa shape index (κ1) is 11.8. The molecule has 0 saturated carbocycles. The van der Waals surface area contributed by atoms with Gasteiger partial charge in [0, 0.05) is 0 Å². The van der Waals surface area contributed by atoms with Gasteiger partial charge in [-0.1, -0.05) is 24.3 Å². The summed E-state index contributed by atoms with van der Waals surface area (Å²) in [6.45, 7) is 2.04. The molecule has 4 N–H and O–H groups in total. The van der Waals surface area contributed by atoms with Crippen molar-refractivity contribution < 1.29 is 0 Å². The van der Waals surface area contributed by atoms with Gasteiger partial charge in [-0.25, -0.2) is 9.98 Å². The van der Waals surface area contributed by atoms with Gasteiger partial charge in [0.2, 0.25) is 0 Å². The van der Waals surface area contributed by atoms with E-state index in [1.165, 1.54) is 0 Å². The van der Waals surface area contributed by atoms with E-state index in [0.717, 1.165) is 16.8 Å². The highest BCUT2D eigenvalue weighted by Gasteiger charge is 2.25. The Labute approximate surface area is 111 Å². The molecule has 5 nitrogen and oxygen atoms in total. The third-order valence-electron chi connectivity index (χ3n) is 3.22. The van der Waals surface area contributed by atoms with Gasteiger partial charge in [0.05, 0.1) is 0 Å². The monoisotopic (exact) mass is 253 g/mol. The average Bonchev–Trinajstić information content (AvgIpc) is 2.39. The van der Waals surface area contributed by atoms with E-state index in [2.05, 4.69) is 15.0 Å². The molecule has 0 amide bonds. The van der Waals surface area contributed by atoms with Crippen molar-refractivity contribution in [2.75, 3.05) is 0 Å². The number of hydrogen-bond acceptors (Lipinski definition) is 5. The predicted octanol–water partition coefficient (Wildman–Crippen LogP) is 1.10. The van der Waals surface area contributed by atoms with Crippen LogP contribution in [0.15, 0.2) is 51.4 Å². The summed E-state index contributed by atoms with van der Waals surface area (Å²) in [6, 6.07) is 7.79. The second-order valence-corrected chi connectivity index (χ2v) is 4.61. The molecular formula is C14H15N5. The summed E-state index contributed by atoms with van der Waals surface area (Å²) in [6.07, 6.45) is 3.29. The Hall–Kier alpha value is -2.27. The van der Waals surface area contributed by atoms with Gasteiger partial charge in [-0.3, -0.25) is 4.99 Å². The van der Waals surface area contributed by atoms with Gasteiger partial charge < -0.3 is 11.5 Å². The quantitative estimate of drug-likeness (QED) is 0.784. The highest BCUT2D eigenvalue weighted by Crippen LogP contribution is 2.25. The molecule has 0 fully saturated rings. The number of aryl methyl sites for hydroxylation is 1.